The van der Waals surface area contributed by atoms with E-state index < -0.39 is 0 Å². The number of hydrogen-bond donors (Lipinski definition) is 6. The summed E-state index contributed by atoms with van der Waals surface area (Å²) in [6.07, 6.45) is 11.4. The summed E-state index contributed by atoms with van der Waals surface area (Å²) in [6.45, 7) is 44.0. The molecule has 8 bridgehead atoms. The van der Waals surface area contributed by atoms with Crippen molar-refractivity contribution in [3.8, 4) is 44.5 Å². The highest BCUT2D eigenvalue weighted by molar-refractivity contribution is 6.12. The number of hydrogen-bond acceptors (Lipinski definition) is 6. The van der Waals surface area contributed by atoms with Crippen molar-refractivity contribution in [1.29, 1.82) is 0 Å². The van der Waals surface area contributed by atoms with E-state index in [0.29, 0.717) is 78.8 Å². The molecule has 4 fully saturated rings. The molecule has 4 atom stereocenters. The van der Waals surface area contributed by atoms with Crippen LogP contribution in [0, 0.1) is 45.3 Å². The lowest BCUT2D eigenvalue weighted by Crippen LogP contribution is -2.19. The summed E-state index contributed by atoms with van der Waals surface area (Å²) >= 11 is 0. The third-order valence-electron chi connectivity index (χ3n) is 21.6. The van der Waals surface area contributed by atoms with Gasteiger partial charge in [-0.05, 0) is 175 Å². The number of amides is 4. The molecule has 96 heavy (non-hydrogen) atoms. The number of benzene rings is 4. The molecular formula is C84H98N8O4. The summed E-state index contributed by atoms with van der Waals surface area (Å²) < 4.78 is 0. The van der Waals surface area contributed by atoms with Crippen LogP contribution in [0.15, 0.2) is 97.1 Å². The van der Waals surface area contributed by atoms with Crippen LogP contribution in [0.25, 0.3) is 90.9 Å². The number of nitrogens with one attached hydrogen (secondary N) is 6. The molecule has 13 rings (SSSR count). The first-order valence-corrected chi connectivity index (χ1v) is 34.7. The van der Waals surface area contributed by atoms with E-state index in [4.69, 9.17) is 9.97 Å². The number of fused-ring (bicyclic) bond motifs is 8. The number of carbonyl (C=O) groups is 4. The summed E-state index contributed by atoms with van der Waals surface area (Å²) in [6, 6.07) is 33.8. The van der Waals surface area contributed by atoms with Crippen LogP contribution >= 0.6 is 0 Å². The van der Waals surface area contributed by atoms with Gasteiger partial charge in [-0.25, -0.2) is 9.97 Å². The van der Waals surface area contributed by atoms with E-state index in [-0.39, 0.29) is 90.6 Å². The van der Waals surface area contributed by atoms with Gasteiger partial charge in [0.2, 0.25) is 23.6 Å². The Bertz CT molecular complexity index is 4230. The molecule has 12 nitrogen and oxygen atoms in total. The lowest BCUT2D eigenvalue weighted by molar-refractivity contribution is -0.118. The Kier molecular flexibility index (Phi) is 15.4. The van der Waals surface area contributed by atoms with Gasteiger partial charge in [-0.2, -0.15) is 0 Å². The van der Waals surface area contributed by atoms with Gasteiger partial charge in [0.1, 0.15) is 0 Å². The van der Waals surface area contributed by atoms with Crippen LogP contribution in [-0.2, 0) is 40.8 Å². The summed E-state index contributed by atoms with van der Waals surface area (Å²) in [4.78, 5) is 78.2. The van der Waals surface area contributed by atoms with Gasteiger partial charge in [0.05, 0.1) is 45.5 Å². The van der Waals surface area contributed by atoms with E-state index >= 15 is 0 Å². The second-order valence-corrected chi connectivity index (χ2v) is 35.5. The summed E-state index contributed by atoms with van der Waals surface area (Å²) in [5.41, 5.74) is 17.0. The summed E-state index contributed by atoms with van der Waals surface area (Å²) in [5, 5.41) is 13.7. The Labute approximate surface area is 567 Å². The van der Waals surface area contributed by atoms with Gasteiger partial charge in [0, 0.05) is 79.1 Å². The normalized spacial score (nSPS) is 20.1. The zero-order valence-electron chi connectivity index (χ0n) is 60.2. The molecule has 5 heterocycles. The van der Waals surface area contributed by atoms with Crippen LogP contribution in [0.5, 0.6) is 0 Å². The van der Waals surface area contributed by atoms with Gasteiger partial charge in [0.25, 0.3) is 0 Å². The first-order valence-electron chi connectivity index (χ1n) is 34.7. The van der Waals surface area contributed by atoms with Crippen molar-refractivity contribution < 1.29 is 19.2 Å². The van der Waals surface area contributed by atoms with E-state index in [1.54, 1.807) is 0 Å². The molecule has 4 aliphatic carbocycles. The number of nitrogens with zero attached hydrogens (tertiary/aromatic N) is 2. The van der Waals surface area contributed by atoms with Crippen LogP contribution in [-0.4, -0.2) is 43.6 Å². The number of anilines is 4. The van der Waals surface area contributed by atoms with Crippen LogP contribution in [0.1, 0.15) is 209 Å². The lowest BCUT2D eigenvalue weighted by Gasteiger charge is -2.26. The Morgan fingerprint density at radius 1 is 0.344 bits per heavy atom. The van der Waals surface area contributed by atoms with Crippen molar-refractivity contribution >= 4 is 92.7 Å². The summed E-state index contributed by atoms with van der Waals surface area (Å²) in [7, 11) is 0. The molecule has 4 unspecified atom stereocenters. The Morgan fingerprint density at radius 3 is 0.781 bits per heavy atom. The second-order valence-electron chi connectivity index (χ2n) is 35.5. The molecule has 0 spiro atoms. The SMILES string of the molecule is CC(C)(C)c1cc(-c2c3nc(c(-c4c(NC(=O)C5CC5(C)C)cccc4NC(=O)C4CC4(C)C)c4ccc([nH]4)c(-c4cc(C(C)(C)C)cc(C(C)(C)C)c4)c4nc(c(-c5c(NC(=O)C6CC6(C)C)cccc5NC(=O)C5CC5(C)C)c5ccc2[nH]5)C=C4)C=C3)cc(C(C)(C)C)c1. The average Bonchev–Trinajstić information content (AvgIpc) is 1.57. The Morgan fingerprint density at radius 2 is 0.562 bits per heavy atom. The Hall–Kier alpha value is -8.64. The fourth-order valence-corrected chi connectivity index (χ4v) is 14.2. The van der Waals surface area contributed by atoms with Crippen molar-refractivity contribution in [3.63, 3.8) is 0 Å². The minimum atomic E-state index is -0.242. The molecule has 3 aromatic heterocycles. The fraction of sp³-hybridized carbons (Fsp3) is 0.429. The number of aromatic nitrogens is 4. The van der Waals surface area contributed by atoms with Gasteiger partial charge < -0.3 is 31.2 Å². The van der Waals surface area contributed by atoms with Crippen molar-refractivity contribution in [2.24, 2.45) is 45.3 Å². The molecule has 4 saturated carbocycles. The molecule has 6 aliphatic rings. The van der Waals surface area contributed by atoms with Crippen LogP contribution in [0.4, 0.5) is 22.7 Å². The highest BCUT2D eigenvalue weighted by Gasteiger charge is 2.53. The predicted molar refractivity (Wildman–Crippen MR) is 397 cm³/mol. The smallest absolute Gasteiger partial charge is 0.228 e. The minimum absolute atomic E-state index is 0.0757. The van der Waals surface area contributed by atoms with Crippen molar-refractivity contribution in [3.05, 3.63) is 142 Å². The number of rotatable bonds is 12. The molecule has 4 aromatic carbocycles. The molecule has 0 saturated heterocycles. The molecule has 0 radical (unpaired) electrons. The highest BCUT2D eigenvalue weighted by Crippen LogP contribution is 2.57. The molecular weight excluding hydrogens is 1180 g/mol. The fourth-order valence-electron chi connectivity index (χ4n) is 14.2. The second kappa shape index (κ2) is 22.5. The van der Waals surface area contributed by atoms with Crippen molar-refractivity contribution in [2.75, 3.05) is 21.3 Å². The average molecular weight is 1280 g/mol. The highest BCUT2D eigenvalue weighted by atomic mass is 16.2. The van der Waals surface area contributed by atoms with Crippen LogP contribution in [0.3, 0.4) is 0 Å². The van der Waals surface area contributed by atoms with Gasteiger partial charge in [-0.1, -0.05) is 187 Å². The van der Waals surface area contributed by atoms with E-state index in [0.717, 1.165) is 81.2 Å². The van der Waals surface area contributed by atoms with Crippen molar-refractivity contribution in [1.82, 2.24) is 19.9 Å². The number of carbonyl (C=O) groups excluding carboxylic acids is 4. The maximum atomic E-state index is 14.6. The first kappa shape index (κ1) is 66.0. The zero-order valence-corrected chi connectivity index (χ0v) is 60.2. The van der Waals surface area contributed by atoms with Gasteiger partial charge in [-0.15, -0.1) is 0 Å². The molecule has 2 aliphatic heterocycles. The van der Waals surface area contributed by atoms with Crippen LogP contribution < -0.4 is 21.3 Å². The third kappa shape index (κ3) is 12.6. The Balaban J connectivity index is 1.20. The predicted octanol–water partition coefficient (Wildman–Crippen LogP) is 20.5. The molecule has 498 valence electrons. The van der Waals surface area contributed by atoms with E-state index in [2.05, 4.69) is 255 Å². The number of H-pyrrole nitrogens is 2. The van der Waals surface area contributed by atoms with Crippen LogP contribution in [0.2, 0.25) is 0 Å². The molecule has 4 amide bonds. The summed E-state index contributed by atoms with van der Waals surface area (Å²) in [5.74, 6) is -1.06. The van der Waals surface area contributed by atoms with E-state index in [1.807, 2.05) is 36.4 Å². The topological polar surface area (TPSA) is 174 Å². The molecule has 7 aromatic rings. The molecule has 12 heteroatoms. The maximum Gasteiger partial charge on any atom is 0.228 e. The molecule has 6 N–H and O–H groups in total. The minimum Gasteiger partial charge on any atom is -0.354 e. The third-order valence-corrected chi connectivity index (χ3v) is 21.6. The standard InChI is InChI=1S/C84H98N8O4/c1-77(2,3)47-35-45(36-48(39-47)78(4,5)6)67-59-27-31-63(85-59)71(69-55(89-73(93)51-41-81(51,13)14)23-21-24-56(69)90-74(94)52-42-82(52,15)16)65-33-29-61(87-65)68(46-37-49(79(7,8)9)40-50(38-46)80(10,11)12)62-30-34-66(88-62)72(64-32-28-60(67)86-64)70-57(91-75(95)53-43-83(53,17)18)25-22-26-58(70)92-76(96)54-44-84(54,19)20/h21-40,51-54,85,88H,41-44H2,1-20H3,(H,89,93)(H,90,94)(H,91,95)(H,92,96). The van der Waals surface area contributed by atoms with Gasteiger partial charge >= 0.3 is 0 Å². The lowest BCUT2D eigenvalue weighted by atomic mass is 9.78. The number of aromatic amines is 2. The monoisotopic (exact) mass is 1280 g/mol. The largest absolute Gasteiger partial charge is 0.354 e. The maximum absolute atomic E-state index is 14.6. The quantitative estimate of drug-likeness (QED) is 0.0710. The first-order chi connectivity index (χ1) is 44.7. The van der Waals surface area contributed by atoms with Gasteiger partial charge in [0.15, 0.2) is 0 Å². The van der Waals surface area contributed by atoms with E-state index in [9.17, 15) is 19.2 Å². The van der Waals surface area contributed by atoms with Gasteiger partial charge in [-0.3, -0.25) is 19.2 Å². The zero-order chi connectivity index (χ0) is 69.1. The van der Waals surface area contributed by atoms with E-state index in [1.165, 1.54) is 0 Å². The van der Waals surface area contributed by atoms with Crippen molar-refractivity contribution in [2.45, 2.75) is 186 Å².